The van der Waals surface area contributed by atoms with Crippen LogP contribution in [0.3, 0.4) is 0 Å². The molecule has 0 radical (unpaired) electrons. The third-order valence-electron chi connectivity index (χ3n) is 6.82. The molecule has 174 valence electrons. The maximum absolute atomic E-state index is 4.40. The van der Waals surface area contributed by atoms with Crippen LogP contribution in [0.2, 0.25) is 0 Å². The van der Waals surface area contributed by atoms with Crippen LogP contribution < -0.4 is 0 Å². The Morgan fingerprint density at radius 1 is 0.710 bits per heavy atom. The molecule has 0 saturated heterocycles. The molecule has 2 atom stereocenters. The van der Waals surface area contributed by atoms with E-state index in [1.54, 1.807) is 0 Å². The summed E-state index contributed by atoms with van der Waals surface area (Å²) >= 11 is 0. The van der Waals surface area contributed by atoms with Gasteiger partial charge in [0.25, 0.3) is 0 Å². The van der Waals surface area contributed by atoms with Gasteiger partial charge in [0.05, 0.1) is 6.33 Å². The maximum Gasteiger partial charge on any atom is 0.0948 e. The van der Waals surface area contributed by atoms with Gasteiger partial charge in [-0.3, -0.25) is 0 Å². The lowest BCUT2D eigenvalue weighted by Gasteiger charge is -2.29. The van der Waals surface area contributed by atoms with Gasteiger partial charge in [0.1, 0.15) is 0 Å². The smallest absolute Gasteiger partial charge is 0.0948 e. The van der Waals surface area contributed by atoms with Crippen molar-refractivity contribution in [2.24, 2.45) is 5.92 Å². The average Bonchev–Trinajstić information content (AvgIpc) is 3.33. The molecular weight excluding hydrogens is 376 g/mol. The monoisotopic (exact) mass is 424 g/mol. The van der Waals surface area contributed by atoms with E-state index in [0.29, 0.717) is 12.0 Å². The van der Waals surface area contributed by atoms with E-state index in [1.807, 2.05) is 6.20 Å². The number of rotatable bonds is 19. The van der Waals surface area contributed by atoms with Gasteiger partial charge in [-0.05, 0) is 30.7 Å². The first kappa shape index (κ1) is 25.7. The number of aromatic nitrogens is 2. The third kappa shape index (κ3) is 11.0. The SMILES string of the molecule is CCCCCCCCCC(C(CCCCCCCC)Cc1ccccc1)n1ccnc1. The Hall–Kier alpha value is -1.57. The zero-order valence-electron chi connectivity index (χ0n) is 20.5. The first-order valence-electron chi connectivity index (χ1n) is 13.4. The predicted octanol–water partition coefficient (Wildman–Crippen LogP) is 9.17. The Bertz CT molecular complexity index is 619. The van der Waals surface area contributed by atoms with Crippen molar-refractivity contribution < 1.29 is 0 Å². The molecule has 2 rings (SSSR count). The molecule has 0 aliphatic rings. The number of hydrogen-bond acceptors (Lipinski definition) is 1. The van der Waals surface area contributed by atoms with Crippen molar-refractivity contribution in [1.82, 2.24) is 9.55 Å². The number of hydrogen-bond donors (Lipinski definition) is 0. The molecule has 31 heavy (non-hydrogen) atoms. The van der Waals surface area contributed by atoms with Crippen LogP contribution in [-0.2, 0) is 6.42 Å². The van der Waals surface area contributed by atoms with Crippen molar-refractivity contribution in [2.45, 2.75) is 123 Å². The third-order valence-corrected chi connectivity index (χ3v) is 6.82. The quantitative estimate of drug-likeness (QED) is 0.205. The van der Waals surface area contributed by atoms with Gasteiger partial charge >= 0.3 is 0 Å². The van der Waals surface area contributed by atoms with Gasteiger partial charge < -0.3 is 4.57 Å². The van der Waals surface area contributed by atoms with E-state index < -0.39 is 0 Å². The lowest BCUT2D eigenvalue weighted by molar-refractivity contribution is 0.275. The highest BCUT2D eigenvalue weighted by atomic mass is 15.1. The standard InChI is InChI=1S/C29H48N2/c1-3-5-7-9-11-13-18-22-29(31-24-23-30-26-31)28(21-17-12-10-8-6-4-2)25-27-19-15-14-16-20-27/h14-16,19-20,23-24,26,28-29H,3-13,17-18,21-22,25H2,1-2H3. The molecule has 1 aromatic heterocycles. The molecule has 0 spiro atoms. The summed E-state index contributed by atoms with van der Waals surface area (Å²) in [6, 6.07) is 11.7. The van der Waals surface area contributed by atoms with Gasteiger partial charge in [-0.15, -0.1) is 0 Å². The zero-order chi connectivity index (χ0) is 22.0. The Morgan fingerprint density at radius 2 is 1.29 bits per heavy atom. The Kier molecular flexibility index (Phi) is 14.1. The summed E-state index contributed by atoms with van der Waals surface area (Å²) in [5.41, 5.74) is 1.49. The minimum Gasteiger partial charge on any atom is -0.334 e. The molecule has 2 heteroatoms. The Labute approximate surface area is 192 Å². The molecule has 1 aromatic carbocycles. The Balaban J connectivity index is 1.94. The number of unbranched alkanes of at least 4 members (excludes halogenated alkanes) is 11. The van der Waals surface area contributed by atoms with Crippen LogP contribution in [0.25, 0.3) is 0 Å². The summed E-state index contributed by atoms with van der Waals surface area (Å²) < 4.78 is 2.42. The van der Waals surface area contributed by atoms with E-state index in [4.69, 9.17) is 0 Å². The predicted molar refractivity (Wildman–Crippen MR) is 136 cm³/mol. The van der Waals surface area contributed by atoms with Gasteiger partial charge in [0, 0.05) is 18.4 Å². The number of benzene rings is 1. The van der Waals surface area contributed by atoms with Crippen LogP contribution in [0, 0.1) is 5.92 Å². The van der Waals surface area contributed by atoms with Crippen molar-refractivity contribution in [3.05, 3.63) is 54.6 Å². The molecule has 2 nitrogen and oxygen atoms in total. The van der Waals surface area contributed by atoms with E-state index in [1.165, 1.54) is 108 Å². The fraction of sp³-hybridized carbons (Fsp3) is 0.690. The van der Waals surface area contributed by atoms with Gasteiger partial charge in [0.15, 0.2) is 0 Å². The van der Waals surface area contributed by atoms with Crippen LogP contribution in [0.15, 0.2) is 49.1 Å². The summed E-state index contributed by atoms with van der Waals surface area (Å²) in [6.45, 7) is 4.60. The van der Waals surface area contributed by atoms with Gasteiger partial charge in [-0.1, -0.05) is 128 Å². The molecule has 2 unspecified atom stereocenters. The summed E-state index contributed by atoms with van der Waals surface area (Å²) in [4.78, 5) is 4.40. The van der Waals surface area contributed by atoms with Gasteiger partial charge in [-0.25, -0.2) is 4.98 Å². The molecule has 0 aliphatic carbocycles. The fourth-order valence-corrected chi connectivity index (χ4v) is 4.94. The largest absolute Gasteiger partial charge is 0.334 e. The molecule has 2 aromatic rings. The van der Waals surface area contributed by atoms with E-state index in [2.05, 4.69) is 66.3 Å². The Morgan fingerprint density at radius 3 is 1.87 bits per heavy atom. The summed E-state index contributed by atoms with van der Waals surface area (Å²) in [6.07, 6.45) is 28.0. The first-order valence-corrected chi connectivity index (χ1v) is 13.4. The summed E-state index contributed by atoms with van der Waals surface area (Å²) in [5, 5.41) is 0. The van der Waals surface area contributed by atoms with Crippen LogP contribution in [0.4, 0.5) is 0 Å². The first-order chi connectivity index (χ1) is 15.3. The van der Waals surface area contributed by atoms with Crippen molar-refractivity contribution in [2.75, 3.05) is 0 Å². The minimum absolute atomic E-state index is 0.578. The lowest BCUT2D eigenvalue weighted by Crippen LogP contribution is -2.21. The summed E-state index contributed by atoms with van der Waals surface area (Å²) in [5.74, 6) is 0.697. The lowest BCUT2D eigenvalue weighted by atomic mass is 9.84. The minimum atomic E-state index is 0.578. The van der Waals surface area contributed by atoms with Crippen molar-refractivity contribution >= 4 is 0 Å². The van der Waals surface area contributed by atoms with Gasteiger partial charge in [-0.2, -0.15) is 0 Å². The van der Waals surface area contributed by atoms with E-state index in [9.17, 15) is 0 Å². The van der Waals surface area contributed by atoms with E-state index in [0.717, 1.165) is 0 Å². The fourth-order valence-electron chi connectivity index (χ4n) is 4.94. The molecule has 0 aliphatic heterocycles. The van der Waals surface area contributed by atoms with Crippen molar-refractivity contribution in [3.8, 4) is 0 Å². The van der Waals surface area contributed by atoms with Crippen LogP contribution in [0.1, 0.15) is 122 Å². The summed E-state index contributed by atoms with van der Waals surface area (Å²) in [7, 11) is 0. The van der Waals surface area contributed by atoms with Crippen LogP contribution in [0.5, 0.6) is 0 Å². The maximum atomic E-state index is 4.40. The normalized spacial score (nSPS) is 13.4. The average molecular weight is 425 g/mol. The highest BCUT2D eigenvalue weighted by Gasteiger charge is 2.23. The van der Waals surface area contributed by atoms with Crippen molar-refractivity contribution in [3.63, 3.8) is 0 Å². The highest BCUT2D eigenvalue weighted by molar-refractivity contribution is 5.15. The number of nitrogens with zero attached hydrogens (tertiary/aromatic N) is 2. The molecule has 0 fully saturated rings. The van der Waals surface area contributed by atoms with E-state index in [-0.39, 0.29) is 0 Å². The molecule has 0 bridgehead atoms. The molecule has 0 amide bonds. The topological polar surface area (TPSA) is 17.8 Å². The second kappa shape index (κ2) is 17.0. The molecule has 0 saturated carbocycles. The molecular formula is C29H48N2. The van der Waals surface area contributed by atoms with Crippen LogP contribution in [-0.4, -0.2) is 9.55 Å². The van der Waals surface area contributed by atoms with E-state index >= 15 is 0 Å². The highest BCUT2D eigenvalue weighted by Crippen LogP contribution is 2.32. The number of imidazole rings is 1. The molecule has 0 N–H and O–H groups in total. The second-order valence-electron chi connectivity index (χ2n) is 9.49. The van der Waals surface area contributed by atoms with Crippen molar-refractivity contribution in [1.29, 1.82) is 0 Å². The van der Waals surface area contributed by atoms with Crippen LogP contribution >= 0.6 is 0 Å². The second-order valence-corrected chi connectivity index (χ2v) is 9.49. The van der Waals surface area contributed by atoms with Gasteiger partial charge in [0.2, 0.25) is 0 Å². The molecule has 1 heterocycles. The zero-order valence-corrected chi connectivity index (χ0v) is 20.5.